The second-order valence-corrected chi connectivity index (χ2v) is 4.08. The van der Waals surface area contributed by atoms with E-state index in [9.17, 15) is 9.59 Å². The van der Waals surface area contributed by atoms with E-state index in [4.69, 9.17) is 11.5 Å². The first-order chi connectivity index (χ1) is 9.56. The Hall–Kier alpha value is -2.96. The Labute approximate surface area is 115 Å². The lowest BCUT2D eigenvalue weighted by molar-refractivity contribution is 0.0999. The Bertz CT molecular complexity index is 610. The Morgan fingerprint density at radius 1 is 1.10 bits per heavy atom. The highest BCUT2D eigenvalue weighted by molar-refractivity contribution is 5.99. The van der Waals surface area contributed by atoms with Crippen LogP contribution in [0.2, 0.25) is 0 Å². The van der Waals surface area contributed by atoms with Crippen LogP contribution >= 0.6 is 0 Å². The van der Waals surface area contributed by atoms with Crippen molar-refractivity contribution in [3.8, 4) is 0 Å². The highest BCUT2D eigenvalue weighted by atomic mass is 16.1. The van der Waals surface area contributed by atoms with Gasteiger partial charge in [-0.05, 0) is 24.3 Å². The minimum Gasteiger partial charge on any atom is -0.379 e. The number of rotatable bonds is 5. The Balaban J connectivity index is 2.22. The number of hydrogen-bond acceptors (Lipinski definition) is 5. The molecule has 7 nitrogen and oxygen atoms in total. The van der Waals surface area contributed by atoms with Crippen molar-refractivity contribution in [2.24, 2.45) is 11.5 Å². The normalized spacial score (nSPS) is 10.0. The van der Waals surface area contributed by atoms with Crippen molar-refractivity contribution in [1.82, 2.24) is 9.97 Å². The number of carbonyl (C=O) groups is 2. The predicted molar refractivity (Wildman–Crippen MR) is 72.8 cm³/mol. The molecule has 102 valence electrons. The second kappa shape index (κ2) is 5.79. The summed E-state index contributed by atoms with van der Waals surface area (Å²) in [5, 5.41) is 3.05. The lowest BCUT2D eigenvalue weighted by atomic mass is 10.1. The molecule has 0 saturated carbocycles. The minimum atomic E-state index is -0.627. The van der Waals surface area contributed by atoms with Gasteiger partial charge in [0.25, 0.3) is 0 Å². The smallest absolute Gasteiger partial charge is 0.248 e. The van der Waals surface area contributed by atoms with Crippen LogP contribution in [0.25, 0.3) is 0 Å². The van der Waals surface area contributed by atoms with Crippen LogP contribution in [-0.2, 0) is 6.54 Å². The zero-order chi connectivity index (χ0) is 14.5. The third-order valence-corrected chi connectivity index (χ3v) is 2.62. The quantitative estimate of drug-likeness (QED) is 0.720. The van der Waals surface area contributed by atoms with Gasteiger partial charge in [-0.3, -0.25) is 9.59 Å². The molecule has 0 spiro atoms. The van der Waals surface area contributed by atoms with E-state index in [2.05, 4.69) is 15.3 Å². The van der Waals surface area contributed by atoms with Crippen LogP contribution in [0, 0.1) is 0 Å². The van der Waals surface area contributed by atoms with Gasteiger partial charge in [0.15, 0.2) is 0 Å². The van der Waals surface area contributed by atoms with Crippen LogP contribution in [0.3, 0.4) is 0 Å². The van der Waals surface area contributed by atoms with Gasteiger partial charge in [-0.2, -0.15) is 0 Å². The van der Waals surface area contributed by atoms with E-state index in [0.29, 0.717) is 12.2 Å². The molecule has 0 atom stereocenters. The molecule has 0 unspecified atom stereocenters. The number of nitrogens with zero attached hydrogens (tertiary/aromatic N) is 2. The monoisotopic (exact) mass is 271 g/mol. The van der Waals surface area contributed by atoms with Gasteiger partial charge in [0.05, 0.1) is 12.2 Å². The molecule has 0 aliphatic heterocycles. The Kier molecular flexibility index (Phi) is 3.90. The number of primary amides is 2. The summed E-state index contributed by atoms with van der Waals surface area (Å²) in [6.07, 6.45) is 3.06. The van der Waals surface area contributed by atoms with Crippen LogP contribution in [-0.4, -0.2) is 21.8 Å². The van der Waals surface area contributed by atoms with Crippen molar-refractivity contribution < 1.29 is 9.59 Å². The molecule has 20 heavy (non-hydrogen) atoms. The van der Waals surface area contributed by atoms with Gasteiger partial charge in [-0.25, -0.2) is 9.97 Å². The Morgan fingerprint density at radius 2 is 1.75 bits per heavy atom. The summed E-state index contributed by atoms with van der Waals surface area (Å²) in [6.45, 7) is 0.420. The molecule has 0 fully saturated rings. The number of carbonyl (C=O) groups excluding carboxylic acids is 2. The molecule has 0 saturated heterocycles. The van der Waals surface area contributed by atoms with Crippen LogP contribution in [0.15, 0.2) is 36.8 Å². The summed E-state index contributed by atoms with van der Waals surface area (Å²) >= 11 is 0. The van der Waals surface area contributed by atoms with E-state index in [1.807, 2.05) is 0 Å². The number of aromatic nitrogens is 2. The zero-order valence-electron chi connectivity index (χ0n) is 10.5. The summed E-state index contributed by atoms with van der Waals surface area (Å²) in [7, 11) is 0. The third kappa shape index (κ3) is 3.29. The fourth-order valence-electron chi connectivity index (χ4n) is 1.63. The van der Waals surface area contributed by atoms with Gasteiger partial charge < -0.3 is 16.8 Å². The summed E-state index contributed by atoms with van der Waals surface area (Å²) in [4.78, 5) is 30.3. The van der Waals surface area contributed by atoms with Crippen molar-refractivity contribution in [2.75, 3.05) is 5.32 Å². The number of hydrogen-bond donors (Lipinski definition) is 3. The van der Waals surface area contributed by atoms with Crippen LogP contribution < -0.4 is 16.8 Å². The molecule has 5 N–H and O–H groups in total. The molecule has 7 heteroatoms. The molecule has 0 aliphatic carbocycles. The van der Waals surface area contributed by atoms with Gasteiger partial charge in [-0.1, -0.05) is 0 Å². The van der Waals surface area contributed by atoms with Crippen LogP contribution in [0.5, 0.6) is 0 Å². The summed E-state index contributed by atoms with van der Waals surface area (Å²) < 4.78 is 0. The van der Waals surface area contributed by atoms with E-state index >= 15 is 0 Å². The van der Waals surface area contributed by atoms with E-state index < -0.39 is 11.8 Å². The fraction of sp³-hybridized carbons (Fsp3) is 0.0769. The van der Waals surface area contributed by atoms with Gasteiger partial charge in [0, 0.05) is 23.0 Å². The lowest BCUT2D eigenvalue weighted by Crippen LogP contribution is -2.16. The maximum Gasteiger partial charge on any atom is 0.248 e. The average Bonchev–Trinajstić information content (AvgIpc) is 2.45. The van der Waals surface area contributed by atoms with Gasteiger partial charge in [0.1, 0.15) is 6.33 Å². The van der Waals surface area contributed by atoms with E-state index in [1.54, 1.807) is 24.4 Å². The molecule has 0 bridgehead atoms. The molecule has 2 aromatic rings. The molecule has 2 amide bonds. The number of anilines is 1. The SMILES string of the molecule is NC(=O)c1cc(NCc2ccncn2)cc(C(N)=O)c1. The highest BCUT2D eigenvalue weighted by Gasteiger charge is 2.09. The first-order valence-electron chi connectivity index (χ1n) is 5.79. The van der Waals surface area contributed by atoms with Crippen molar-refractivity contribution in [3.05, 3.63) is 53.6 Å². The van der Waals surface area contributed by atoms with Crippen molar-refractivity contribution in [3.63, 3.8) is 0 Å². The van der Waals surface area contributed by atoms with Crippen LogP contribution in [0.1, 0.15) is 26.4 Å². The van der Waals surface area contributed by atoms with Crippen molar-refractivity contribution in [2.45, 2.75) is 6.54 Å². The molecule has 2 rings (SSSR count). The molecule has 0 aliphatic rings. The molecule has 0 radical (unpaired) electrons. The van der Waals surface area contributed by atoms with Gasteiger partial charge >= 0.3 is 0 Å². The minimum absolute atomic E-state index is 0.214. The molecule has 1 aromatic heterocycles. The van der Waals surface area contributed by atoms with Crippen molar-refractivity contribution in [1.29, 1.82) is 0 Å². The van der Waals surface area contributed by atoms with Gasteiger partial charge in [-0.15, -0.1) is 0 Å². The van der Waals surface area contributed by atoms with Crippen molar-refractivity contribution >= 4 is 17.5 Å². The molecular formula is C13H13N5O2. The first kappa shape index (κ1) is 13.5. The number of nitrogens with one attached hydrogen (secondary N) is 1. The number of amides is 2. The fourth-order valence-corrected chi connectivity index (χ4v) is 1.63. The Morgan fingerprint density at radius 3 is 2.25 bits per heavy atom. The average molecular weight is 271 g/mol. The first-order valence-corrected chi connectivity index (χ1v) is 5.79. The van der Waals surface area contributed by atoms with E-state index in [1.165, 1.54) is 12.4 Å². The standard InChI is InChI=1S/C13H13N5O2/c14-12(19)8-3-9(13(15)20)5-11(4-8)17-6-10-1-2-16-7-18-10/h1-5,7,17H,6H2,(H2,14,19)(H2,15,20). The summed E-state index contributed by atoms with van der Waals surface area (Å²) in [6, 6.07) is 6.21. The largest absolute Gasteiger partial charge is 0.379 e. The molecule has 1 heterocycles. The summed E-state index contributed by atoms with van der Waals surface area (Å²) in [5.41, 5.74) is 12.2. The second-order valence-electron chi connectivity index (χ2n) is 4.08. The van der Waals surface area contributed by atoms with E-state index in [0.717, 1.165) is 5.69 Å². The number of nitrogens with two attached hydrogens (primary N) is 2. The maximum absolute atomic E-state index is 11.2. The highest BCUT2D eigenvalue weighted by Crippen LogP contribution is 2.15. The lowest BCUT2D eigenvalue weighted by Gasteiger charge is -2.09. The van der Waals surface area contributed by atoms with Crippen LogP contribution in [0.4, 0.5) is 5.69 Å². The maximum atomic E-state index is 11.2. The molecule has 1 aromatic carbocycles. The third-order valence-electron chi connectivity index (χ3n) is 2.62. The van der Waals surface area contributed by atoms with E-state index in [-0.39, 0.29) is 11.1 Å². The molecular weight excluding hydrogens is 258 g/mol. The predicted octanol–water partition coefficient (Wildman–Crippen LogP) is 0.286. The zero-order valence-corrected chi connectivity index (χ0v) is 10.5. The topological polar surface area (TPSA) is 124 Å². The number of benzene rings is 1. The van der Waals surface area contributed by atoms with Gasteiger partial charge in [0.2, 0.25) is 11.8 Å². The summed E-state index contributed by atoms with van der Waals surface area (Å²) in [5.74, 6) is -1.25.